The van der Waals surface area contributed by atoms with E-state index in [0.29, 0.717) is 24.9 Å². The normalized spacial score (nSPS) is 20.6. The van der Waals surface area contributed by atoms with Gasteiger partial charge in [0, 0.05) is 12.2 Å². The molecule has 1 fully saturated rings. The largest absolute Gasteiger partial charge is 0.385 e. The fourth-order valence-electron chi connectivity index (χ4n) is 5.20. The first-order valence-electron chi connectivity index (χ1n) is 12.2. The number of rotatable bonds is 5. The van der Waals surface area contributed by atoms with Gasteiger partial charge in [0.2, 0.25) is 0 Å². The molecule has 2 heterocycles. The Kier molecular flexibility index (Phi) is 6.59. The van der Waals surface area contributed by atoms with E-state index in [4.69, 9.17) is 5.73 Å². The number of hydrogen-bond acceptors (Lipinski definition) is 5. The minimum Gasteiger partial charge on any atom is -0.385 e. The van der Waals surface area contributed by atoms with Gasteiger partial charge >= 0.3 is 0 Å². The number of amides is 1. The predicted octanol–water partition coefficient (Wildman–Crippen LogP) is 5.34. The number of benzene rings is 1. The molecule has 5 rings (SSSR count). The van der Waals surface area contributed by atoms with Gasteiger partial charge in [0.05, 0.1) is 23.0 Å². The first-order valence-corrected chi connectivity index (χ1v) is 12.2. The van der Waals surface area contributed by atoms with E-state index in [1.165, 1.54) is 6.20 Å². The van der Waals surface area contributed by atoms with E-state index in [-0.39, 0.29) is 23.2 Å². The standard InChI is InChI=1S/C28H27F3N4O2/c1-15-9-16(11-18(32)10-15)19-5-8-33-14-24(19)35-27(36)23-4-3-20(29)26(34-23)25-21(30)12-17(13-22(25)31)28(37)6-2-7-28/h3-5,8,10,12-14,16,18,37H,2,6-7,9,11,32H2,1H3,(H,35,36)/t16-,18+/m1/s1. The molecule has 3 aromatic rings. The summed E-state index contributed by atoms with van der Waals surface area (Å²) in [6, 6.07) is 5.81. The molecule has 6 nitrogen and oxygen atoms in total. The van der Waals surface area contributed by atoms with Gasteiger partial charge in [-0.25, -0.2) is 18.2 Å². The van der Waals surface area contributed by atoms with Crippen molar-refractivity contribution >= 4 is 11.6 Å². The van der Waals surface area contributed by atoms with Crippen LogP contribution in [0.2, 0.25) is 0 Å². The summed E-state index contributed by atoms with van der Waals surface area (Å²) in [5.74, 6) is -3.71. The van der Waals surface area contributed by atoms with Crippen molar-refractivity contribution in [3.05, 3.63) is 88.6 Å². The number of allylic oxidation sites excluding steroid dienone is 1. The van der Waals surface area contributed by atoms with Gasteiger partial charge in [0.1, 0.15) is 28.8 Å². The Morgan fingerprint density at radius 3 is 2.51 bits per heavy atom. The zero-order valence-corrected chi connectivity index (χ0v) is 20.3. The van der Waals surface area contributed by atoms with E-state index >= 15 is 0 Å². The Labute approximate surface area is 212 Å². The molecule has 1 amide bonds. The van der Waals surface area contributed by atoms with Gasteiger partial charge in [-0.05, 0) is 86.4 Å². The van der Waals surface area contributed by atoms with E-state index < -0.39 is 40.2 Å². The SMILES string of the molecule is CC1=C[C@H](N)C[C@H](c2ccncc2NC(=O)c2ccc(F)c(-c3c(F)cc(C4(O)CCC4)cc3F)n2)C1. The number of aliphatic hydroxyl groups is 1. The molecule has 2 atom stereocenters. The number of nitrogens with zero attached hydrogens (tertiary/aromatic N) is 2. The number of anilines is 1. The zero-order chi connectivity index (χ0) is 26.3. The molecule has 4 N–H and O–H groups in total. The Morgan fingerprint density at radius 2 is 1.86 bits per heavy atom. The molecule has 2 aliphatic rings. The lowest BCUT2D eigenvalue weighted by Gasteiger charge is -2.37. The van der Waals surface area contributed by atoms with Crippen LogP contribution in [0.25, 0.3) is 11.3 Å². The minimum atomic E-state index is -1.29. The van der Waals surface area contributed by atoms with Crippen molar-refractivity contribution in [3.63, 3.8) is 0 Å². The van der Waals surface area contributed by atoms with Crippen LogP contribution in [0.3, 0.4) is 0 Å². The molecular formula is C28H27F3N4O2. The molecule has 0 unspecified atom stereocenters. The maximum Gasteiger partial charge on any atom is 0.274 e. The summed E-state index contributed by atoms with van der Waals surface area (Å²) in [5, 5.41) is 13.2. The maximum absolute atomic E-state index is 15.0. The summed E-state index contributed by atoms with van der Waals surface area (Å²) >= 11 is 0. The number of carbonyl (C=O) groups is 1. The van der Waals surface area contributed by atoms with Crippen molar-refractivity contribution in [2.45, 2.75) is 56.6 Å². The van der Waals surface area contributed by atoms with E-state index in [1.807, 2.05) is 19.1 Å². The molecule has 0 saturated heterocycles. The average Bonchev–Trinajstić information content (AvgIpc) is 2.82. The molecule has 0 spiro atoms. The first kappa shape index (κ1) is 25.1. The highest BCUT2D eigenvalue weighted by Crippen LogP contribution is 2.43. The highest BCUT2D eigenvalue weighted by atomic mass is 19.1. The molecule has 2 aromatic heterocycles. The topological polar surface area (TPSA) is 101 Å². The van der Waals surface area contributed by atoms with Gasteiger partial charge in [-0.2, -0.15) is 0 Å². The Hall–Kier alpha value is -3.56. The van der Waals surface area contributed by atoms with Crippen molar-refractivity contribution in [3.8, 4) is 11.3 Å². The quantitative estimate of drug-likeness (QED) is 0.404. The van der Waals surface area contributed by atoms with E-state index in [2.05, 4.69) is 15.3 Å². The number of pyridine rings is 2. The number of carbonyl (C=O) groups excluding carboxylic acids is 1. The Morgan fingerprint density at radius 1 is 1.14 bits per heavy atom. The van der Waals surface area contributed by atoms with Gasteiger partial charge in [-0.3, -0.25) is 9.78 Å². The van der Waals surface area contributed by atoms with Crippen LogP contribution in [0.5, 0.6) is 0 Å². The molecule has 37 heavy (non-hydrogen) atoms. The Bertz CT molecular complexity index is 1380. The van der Waals surface area contributed by atoms with Crippen LogP contribution in [-0.4, -0.2) is 27.0 Å². The molecule has 2 aliphatic carbocycles. The summed E-state index contributed by atoms with van der Waals surface area (Å²) in [5.41, 5.74) is 5.90. The van der Waals surface area contributed by atoms with Gasteiger partial charge in [0.25, 0.3) is 5.91 Å². The number of aromatic nitrogens is 2. The van der Waals surface area contributed by atoms with E-state index in [9.17, 15) is 23.1 Å². The fraction of sp³-hybridized carbons (Fsp3) is 0.321. The van der Waals surface area contributed by atoms with Crippen LogP contribution in [-0.2, 0) is 5.60 Å². The van der Waals surface area contributed by atoms with Crippen LogP contribution in [0.15, 0.2) is 54.4 Å². The second kappa shape index (κ2) is 9.72. The zero-order valence-electron chi connectivity index (χ0n) is 20.3. The van der Waals surface area contributed by atoms with Crippen LogP contribution in [0, 0.1) is 17.5 Å². The summed E-state index contributed by atoms with van der Waals surface area (Å²) < 4.78 is 44.7. The summed E-state index contributed by atoms with van der Waals surface area (Å²) in [7, 11) is 0. The fourth-order valence-corrected chi connectivity index (χ4v) is 5.20. The number of nitrogens with one attached hydrogen (secondary N) is 1. The molecule has 1 aromatic carbocycles. The average molecular weight is 509 g/mol. The molecule has 0 radical (unpaired) electrons. The van der Waals surface area contributed by atoms with Crippen LogP contribution in [0.1, 0.15) is 66.6 Å². The van der Waals surface area contributed by atoms with Crippen LogP contribution >= 0.6 is 0 Å². The highest BCUT2D eigenvalue weighted by molar-refractivity contribution is 6.03. The lowest BCUT2D eigenvalue weighted by atomic mass is 9.75. The smallest absolute Gasteiger partial charge is 0.274 e. The number of nitrogens with two attached hydrogens (primary N) is 1. The summed E-state index contributed by atoms with van der Waals surface area (Å²) in [6.45, 7) is 2.01. The molecule has 1 saturated carbocycles. The maximum atomic E-state index is 15.0. The highest BCUT2D eigenvalue weighted by Gasteiger charge is 2.37. The monoisotopic (exact) mass is 508 g/mol. The third kappa shape index (κ3) is 4.89. The van der Waals surface area contributed by atoms with Crippen molar-refractivity contribution < 1.29 is 23.1 Å². The molecule has 192 valence electrons. The third-order valence-electron chi connectivity index (χ3n) is 7.24. The van der Waals surface area contributed by atoms with Crippen molar-refractivity contribution in [2.24, 2.45) is 5.73 Å². The van der Waals surface area contributed by atoms with E-state index in [0.717, 1.165) is 48.2 Å². The van der Waals surface area contributed by atoms with Crippen LogP contribution < -0.4 is 11.1 Å². The Balaban J connectivity index is 1.44. The molecule has 9 heteroatoms. The number of hydrogen-bond donors (Lipinski definition) is 3. The number of halogens is 3. The van der Waals surface area contributed by atoms with Gasteiger partial charge < -0.3 is 16.2 Å². The lowest BCUT2D eigenvalue weighted by molar-refractivity contribution is -0.0392. The molecule has 0 bridgehead atoms. The minimum absolute atomic E-state index is 0.0715. The predicted molar refractivity (Wildman–Crippen MR) is 133 cm³/mol. The van der Waals surface area contributed by atoms with Crippen molar-refractivity contribution in [2.75, 3.05) is 5.32 Å². The first-order chi connectivity index (χ1) is 17.6. The van der Waals surface area contributed by atoms with E-state index in [1.54, 1.807) is 6.20 Å². The summed E-state index contributed by atoms with van der Waals surface area (Å²) in [4.78, 5) is 21.2. The van der Waals surface area contributed by atoms with Crippen molar-refractivity contribution in [1.29, 1.82) is 0 Å². The van der Waals surface area contributed by atoms with Gasteiger partial charge in [0.15, 0.2) is 0 Å². The van der Waals surface area contributed by atoms with Crippen LogP contribution in [0.4, 0.5) is 18.9 Å². The lowest BCUT2D eigenvalue weighted by Crippen LogP contribution is -2.33. The van der Waals surface area contributed by atoms with Crippen molar-refractivity contribution in [1.82, 2.24) is 9.97 Å². The summed E-state index contributed by atoms with van der Waals surface area (Å²) in [6.07, 6.45) is 8.19. The second-order valence-corrected chi connectivity index (χ2v) is 9.96. The van der Waals surface area contributed by atoms with Gasteiger partial charge in [-0.15, -0.1) is 0 Å². The second-order valence-electron chi connectivity index (χ2n) is 9.96. The third-order valence-corrected chi connectivity index (χ3v) is 7.24. The molecular weight excluding hydrogens is 481 g/mol. The molecule has 0 aliphatic heterocycles. The van der Waals surface area contributed by atoms with Gasteiger partial charge in [-0.1, -0.05) is 11.6 Å².